The van der Waals surface area contributed by atoms with E-state index in [4.69, 9.17) is 29.0 Å². The molecule has 5 heterocycles. The number of anilines is 1. The van der Waals surface area contributed by atoms with Crippen molar-refractivity contribution in [2.75, 3.05) is 11.9 Å². The average molecular weight is 642 g/mol. The molecule has 2 amide bonds. The largest absolute Gasteiger partial charge is 0.469 e. The zero-order valence-electron chi connectivity index (χ0n) is 27.1. The summed E-state index contributed by atoms with van der Waals surface area (Å²) < 4.78 is 24.2. The third-order valence-corrected chi connectivity index (χ3v) is 8.44. The summed E-state index contributed by atoms with van der Waals surface area (Å²) in [6.07, 6.45) is 2.11. The lowest BCUT2D eigenvalue weighted by molar-refractivity contribution is -0.122. The first-order valence-electron chi connectivity index (χ1n) is 15.9. The number of aryl methyl sites for hydroxylation is 1. The van der Waals surface area contributed by atoms with Crippen molar-refractivity contribution in [2.24, 2.45) is 17.6 Å². The predicted octanol–water partition coefficient (Wildman–Crippen LogP) is 5.26. The highest BCUT2D eigenvalue weighted by atomic mass is 16.5. The number of ether oxygens (including phenoxy) is 2. The number of aromatic nitrogens is 2. The lowest BCUT2D eigenvalue weighted by Gasteiger charge is -2.27. The van der Waals surface area contributed by atoms with Gasteiger partial charge in [-0.3, -0.25) is 9.59 Å². The molecule has 3 aliphatic heterocycles. The number of hydrogen-bond acceptors (Lipinski definition) is 10. The van der Waals surface area contributed by atoms with Crippen LogP contribution in [-0.2, 0) is 26.2 Å². The van der Waals surface area contributed by atoms with Crippen LogP contribution in [0.15, 0.2) is 57.6 Å². The Morgan fingerprint density at radius 2 is 1.85 bits per heavy atom. The van der Waals surface area contributed by atoms with Crippen molar-refractivity contribution in [1.82, 2.24) is 15.3 Å². The van der Waals surface area contributed by atoms with E-state index in [0.717, 1.165) is 22.4 Å². The Morgan fingerprint density at radius 3 is 2.55 bits per heavy atom. The van der Waals surface area contributed by atoms with E-state index >= 15 is 0 Å². The number of primary amides is 1. The molecule has 2 aromatic heterocycles. The fourth-order valence-electron chi connectivity index (χ4n) is 6.36. The maximum Gasteiger partial charge on any atom is 0.360 e. The molecule has 0 aliphatic carbocycles. The molecule has 2 aromatic carbocycles. The molecule has 0 radical (unpaired) electrons. The van der Waals surface area contributed by atoms with Crippen molar-refractivity contribution in [3.05, 3.63) is 82.8 Å². The van der Waals surface area contributed by atoms with E-state index in [0.29, 0.717) is 48.3 Å². The van der Waals surface area contributed by atoms with Crippen molar-refractivity contribution < 1.29 is 32.7 Å². The van der Waals surface area contributed by atoms with Gasteiger partial charge in [0.25, 0.3) is 0 Å². The second-order valence-corrected chi connectivity index (χ2v) is 12.7. The van der Waals surface area contributed by atoms with Gasteiger partial charge >= 0.3 is 5.97 Å². The van der Waals surface area contributed by atoms with Crippen molar-refractivity contribution in [3.63, 3.8) is 0 Å². The van der Waals surface area contributed by atoms with Gasteiger partial charge in [-0.2, -0.15) is 0 Å². The number of hydrogen-bond donors (Lipinski definition) is 3. The molecule has 0 saturated heterocycles. The third-order valence-electron chi connectivity index (χ3n) is 8.44. The number of amides is 2. The summed E-state index contributed by atoms with van der Waals surface area (Å²) in [7, 11) is 0. The van der Waals surface area contributed by atoms with Crippen LogP contribution in [0.2, 0.25) is 0 Å². The Balaban J connectivity index is 0.000000499. The molecule has 0 fully saturated rings. The van der Waals surface area contributed by atoms with Crippen molar-refractivity contribution in [2.45, 2.75) is 71.6 Å². The molecule has 4 bridgehead atoms. The first-order chi connectivity index (χ1) is 22.5. The maximum atomic E-state index is 13.0. The van der Waals surface area contributed by atoms with E-state index in [1.807, 2.05) is 64.1 Å². The number of benzene rings is 2. The minimum atomic E-state index is -0.939. The SMILES string of the molecule is CC(C)CC(N)=O.CCOC(=O)c1coc(-c2nc3oc2C24c5ccccc5NC2Oc2ccc(cc24)CCC(=O)NC3C(C)C)n1. The lowest BCUT2D eigenvalue weighted by Crippen LogP contribution is -2.40. The average Bonchev–Trinajstić information content (AvgIpc) is 3.79. The molecule has 7 rings (SSSR count). The zero-order valence-corrected chi connectivity index (χ0v) is 27.1. The van der Waals surface area contributed by atoms with Gasteiger partial charge in [-0.25, -0.2) is 14.8 Å². The lowest BCUT2D eigenvalue weighted by atomic mass is 9.72. The van der Waals surface area contributed by atoms with Gasteiger partial charge in [0.15, 0.2) is 23.4 Å². The molecule has 1 spiro atoms. The van der Waals surface area contributed by atoms with Crippen LogP contribution in [-0.4, -0.2) is 40.6 Å². The second-order valence-electron chi connectivity index (χ2n) is 12.7. The molecule has 0 saturated carbocycles. The van der Waals surface area contributed by atoms with E-state index in [-0.39, 0.29) is 35.9 Å². The standard InChI is InChI=1S/C30H28N4O6.C5H11NO/c1-4-37-28(36)20-14-38-26(31-20)24-25-30-17-7-5-6-8-19(17)32-29(30)39-21-11-9-16(13-18(21)30)10-12-22(35)33-23(15(2)3)27(34-24)40-25;1-4(2)3-5(6)7/h5-9,11,13-15,23,29,32H,4,10,12H2,1-3H3,(H,33,35);4H,3H2,1-2H3,(H2,6,7). The minimum absolute atomic E-state index is 0.0265. The van der Waals surface area contributed by atoms with Crippen LogP contribution < -0.4 is 21.1 Å². The van der Waals surface area contributed by atoms with Gasteiger partial charge in [0.05, 0.1) is 6.61 Å². The first kappa shape index (κ1) is 31.8. The molecule has 4 aromatic rings. The summed E-state index contributed by atoms with van der Waals surface area (Å²) >= 11 is 0. The molecule has 3 unspecified atom stereocenters. The maximum absolute atomic E-state index is 13.0. The van der Waals surface area contributed by atoms with Gasteiger partial charge in [0.1, 0.15) is 23.5 Å². The van der Waals surface area contributed by atoms with Gasteiger partial charge < -0.3 is 34.7 Å². The highest BCUT2D eigenvalue weighted by molar-refractivity contribution is 5.87. The fraction of sp³-hybridized carbons (Fsp3) is 0.400. The Morgan fingerprint density at radius 1 is 1.06 bits per heavy atom. The number of fused-ring (bicyclic) bond motifs is 4. The fourth-order valence-corrected chi connectivity index (χ4v) is 6.36. The van der Waals surface area contributed by atoms with E-state index in [1.54, 1.807) is 6.92 Å². The van der Waals surface area contributed by atoms with Gasteiger partial charge in [-0.1, -0.05) is 58.0 Å². The monoisotopic (exact) mass is 641 g/mol. The van der Waals surface area contributed by atoms with Crippen LogP contribution in [0.3, 0.4) is 0 Å². The Hall–Kier alpha value is -5.13. The van der Waals surface area contributed by atoms with E-state index in [9.17, 15) is 14.4 Å². The van der Waals surface area contributed by atoms with Crippen LogP contribution in [0, 0.1) is 11.8 Å². The van der Waals surface area contributed by atoms with E-state index in [1.165, 1.54) is 6.26 Å². The first-order valence-corrected chi connectivity index (χ1v) is 15.9. The van der Waals surface area contributed by atoms with E-state index in [2.05, 4.69) is 21.7 Å². The number of esters is 1. The molecule has 4 N–H and O–H groups in total. The zero-order chi connectivity index (χ0) is 33.5. The smallest absolute Gasteiger partial charge is 0.360 e. The van der Waals surface area contributed by atoms with Gasteiger partial charge in [0.2, 0.25) is 23.6 Å². The Kier molecular flexibility index (Phi) is 8.52. The summed E-state index contributed by atoms with van der Waals surface area (Å²) in [5.74, 6) is 1.07. The number of rotatable bonds is 6. The normalized spacial score (nSPS) is 20.4. The van der Waals surface area contributed by atoms with Gasteiger partial charge in [0, 0.05) is 24.1 Å². The summed E-state index contributed by atoms with van der Waals surface area (Å²) in [5, 5.41) is 6.64. The number of para-hydroxylation sites is 1. The van der Waals surface area contributed by atoms with Crippen molar-refractivity contribution in [1.29, 1.82) is 0 Å². The number of nitrogens with one attached hydrogen (secondary N) is 2. The van der Waals surface area contributed by atoms with Crippen LogP contribution in [0.1, 0.15) is 92.3 Å². The van der Waals surface area contributed by atoms with Crippen molar-refractivity contribution >= 4 is 23.5 Å². The number of nitrogens with zero attached hydrogens (tertiary/aromatic N) is 2. The van der Waals surface area contributed by atoms with Crippen LogP contribution in [0.25, 0.3) is 11.6 Å². The molecule has 12 heteroatoms. The number of nitrogens with two attached hydrogens (primary N) is 1. The Labute approximate surface area is 272 Å². The molecule has 47 heavy (non-hydrogen) atoms. The topological polar surface area (TPSA) is 172 Å². The molecular formula is C35H39N5O7. The summed E-state index contributed by atoms with van der Waals surface area (Å²) in [5.41, 5.74) is 8.05. The Bertz CT molecular complexity index is 1830. The van der Waals surface area contributed by atoms with E-state index < -0.39 is 23.7 Å². The number of carbonyl (C=O) groups excluding carboxylic acids is 3. The molecule has 12 nitrogen and oxygen atoms in total. The highest BCUT2D eigenvalue weighted by Gasteiger charge is 2.61. The summed E-state index contributed by atoms with van der Waals surface area (Å²) in [6.45, 7) is 9.85. The number of oxazole rings is 2. The minimum Gasteiger partial charge on any atom is -0.469 e. The quantitative estimate of drug-likeness (QED) is 0.236. The van der Waals surface area contributed by atoms with Gasteiger partial charge in [-0.15, -0.1) is 0 Å². The molecule has 3 atom stereocenters. The summed E-state index contributed by atoms with van der Waals surface area (Å²) in [6, 6.07) is 13.5. The van der Waals surface area contributed by atoms with Gasteiger partial charge in [-0.05, 0) is 48.4 Å². The van der Waals surface area contributed by atoms with Crippen LogP contribution >= 0.6 is 0 Å². The third kappa shape index (κ3) is 5.72. The summed E-state index contributed by atoms with van der Waals surface area (Å²) in [4.78, 5) is 44.8. The number of carbonyl (C=O) groups is 3. The predicted molar refractivity (Wildman–Crippen MR) is 171 cm³/mol. The molecular weight excluding hydrogens is 602 g/mol. The van der Waals surface area contributed by atoms with Crippen LogP contribution in [0.5, 0.6) is 5.75 Å². The second kappa shape index (κ2) is 12.6. The highest BCUT2D eigenvalue weighted by Crippen LogP contribution is 2.59. The molecule has 246 valence electrons. The van der Waals surface area contributed by atoms with Crippen molar-refractivity contribution in [3.8, 4) is 17.3 Å². The molecule has 3 aliphatic rings. The van der Waals surface area contributed by atoms with Crippen LogP contribution in [0.4, 0.5) is 5.69 Å².